The Bertz CT molecular complexity index is 888. The van der Waals surface area contributed by atoms with E-state index in [4.69, 9.17) is 5.11 Å². The number of nitrogens with zero attached hydrogens (tertiary/aromatic N) is 2. The zero-order valence-corrected chi connectivity index (χ0v) is 15.2. The van der Waals surface area contributed by atoms with Gasteiger partial charge in [-0.05, 0) is 50.0 Å². The molecule has 1 fully saturated rings. The minimum absolute atomic E-state index is 0.0615. The van der Waals surface area contributed by atoms with E-state index in [9.17, 15) is 19.5 Å². The van der Waals surface area contributed by atoms with Crippen molar-refractivity contribution in [3.8, 4) is 0 Å². The van der Waals surface area contributed by atoms with E-state index in [1.807, 2.05) is 0 Å². The van der Waals surface area contributed by atoms with Crippen LogP contribution < -0.4 is 5.32 Å². The average Bonchev–Trinajstić information content (AvgIpc) is 2.69. The molecule has 2 heterocycles. The number of allylic oxidation sites excluding steroid dienone is 3. The molecule has 3 N–H and O–H groups in total. The highest BCUT2D eigenvalue weighted by Crippen LogP contribution is 2.28. The maximum Gasteiger partial charge on any atom is 0.306 e. The van der Waals surface area contributed by atoms with E-state index in [0.29, 0.717) is 48.4 Å². The lowest BCUT2D eigenvalue weighted by Gasteiger charge is -2.33. The molecule has 1 saturated carbocycles. The molecule has 8 nitrogen and oxygen atoms in total. The second-order valence-corrected chi connectivity index (χ2v) is 7.38. The number of aliphatic imine (C=N–C) groups is 1. The van der Waals surface area contributed by atoms with Crippen LogP contribution in [0.15, 0.2) is 52.3 Å². The van der Waals surface area contributed by atoms with Crippen molar-refractivity contribution in [3.05, 3.63) is 47.3 Å². The van der Waals surface area contributed by atoms with Gasteiger partial charge in [-0.3, -0.25) is 14.4 Å². The van der Waals surface area contributed by atoms with Crippen LogP contribution in [0.5, 0.6) is 0 Å². The van der Waals surface area contributed by atoms with Crippen LogP contribution >= 0.6 is 0 Å². The standard InChI is InChI=1S/C20H21N3O5/c24-16-8-7-15-14(17(16)25)10-23-9-1-2-13(18(23)22-15)19(26)21-12-5-3-11(4-6-12)20(27)28/h1-2,7-9,11-12,16,24H,3-6,10H2,(H,21,26)(H,27,28). The molecule has 2 aliphatic carbocycles. The fourth-order valence-corrected chi connectivity index (χ4v) is 3.94. The Morgan fingerprint density at radius 3 is 2.68 bits per heavy atom. The van der Waals surface area contributed by atoms with Crippen LogP contribution in [0.3, 0.4) is 0 Å². The van der Waals surface area contributed by atoms with E-state index in [2.05, 4.69) is 10.3 Å². The summed E-state index contributed by atoms with van der Waals surface area (Å²) < 4.78 is 0. The van der Waals surface area contributed by atoms with Crippen LogP contribution in [0.25, 0.3) is 0 Å². The number of carbonyl (C=O) groups is 3. The third kappa shape index (κ3) is 3.31. The molecule has 0 spiro atoms. The van der Waals surface area contributed by atoms with Crippen LogP contribution in [-0.4, -0.2) is 57.3 Å². The number of aliphatic hydroxyl groups is 1. The van der Waals surface area contributed by atoms with Gasteiger partial charge in [0.1, 0.15) is 11.9 Å². The average molecular weight is 383 g/mol. The lowest BCUT2D eigenvalue weighted by atomic mass is 9.86. The van der Waals surface area contributed by atoms with Gasteiger partial charge in [0.15, 0.2) is 5.78 Å². The largest absolute Gasteiger partial charge is 0.481 e. The molecule has 2 aliphatic heterocycles. The van der Waals surface area contributed by atoms with E-state index in [1.54, 1.807) is 29.3 Å². The smallest absolute Gasteiger partial charge is 0.306 e. The first-order valence-electron chi connectivity index (χ1n) is 9.35. The summed E-state index contributed by atoms with van der Waals surface area (Å²) in [6.07, 6.45) is 9.37. The molecule has 4 aliphatic rings. The van der Waals surface area contributed by atoms with Gasteiger partial charge in [-0.2, -0.15) is 0 Å². The monoisotopic (exact) mass is 383 g/mol. The van der Waals surface area contributed by atoms with Crippen molar-refractivity contribution in [2.75, 3.05) is 6.54 Å². The van der Waals surface area contributed by atoms with Gasteiger partial charge in [-0.1, -0.05) is 0 Å². The number of amides is 1. The molecule has 1 unspecified atom stereocenters. The van der Waals surface area contributed by atoms with Crippen LogP contribution in [0.1, 0.15) is 25.7 Å². The number of nitrogens with one attached hydrogen (secondary N) is 1. The predicted molar refractivity (Wildman–Crippen MR) is 100 cm³/mol. The number of aliphatic hydroxyl groups excluding tert-OH is 1. The summed E-state index contributed by atoms with van der Waals surface area (Å²) in [6.45, 7) is 0.249. The summed E-state index contributed by atoms with van der Waals surface area (Å²) >= 11 is 0. The molecule has 0 aromatic heterocycles. The summed E-state index contributed by atoms with van der Waals surface area (Å²) in [5, 5.41) is 21.8. The Hall–Kier alpha value is -3.00. The molecule has 1 amide bonds. The number of rotatable bonds is 3. The van der Waals surface area contributed by atoms with Gasteiger partial charge in [-0.25, -0.2) is 4.99 Å². The topological polar surface area (TPSA) is 119 Å². The number of carboxylic acids is 1. The Morgan fingerprint density at radius 1 is 1.21 bits per heavy atom. The Morgan fingerprint density at radius 2 is 1.96 bits per heavy atom. The fourth-order valence-electron chi connectivity index (χ4n) is 3.94. The molecule has 146 valence electrons. The maximum atomic E-state index is 12.8. The first-order chi connectivity index (χ1) is 13.4. The Labute approximate surface area is 161 Å². The quantitative estimate of drug-likeness (QED) is 0.659. The first kappa shape index (κ1) is 18.4. The highest BCUT2D eigenvalue weighted by Gasteiger charge is 2.34. The molecule has 28 heavy (non-hydrogen) atoms. The molecule has 0 bridgehead atoms. The number of aliphatic carboxylic acids is 1. The van der Waals surface area contributed by atoms with Gasteiger partial charge in [0, 0.05) is 17.8 Å². The van der Waals surface area contributed by atoms with E-state index < -0.39 is 12.1 Å². The van der Waals surface area contributed by atoms with E-state index in [0.717, 1.165) is 0 Å². The summed E-state index contributed by atoms with van der Waals surface area (Å²) in [4.78, 5) is 42.3. The summed E-state index contributed by atoms with van der Waals surface area (Å²) in [5.74, 6) is -1.28. The van der Waals surface area contributed by atoms with Crippen molar-refractivity contribution in [2.45, 2.75) is 37.8 Å². The summed E-state index contributed by atoms with van der Waals surface area (Å²) in [7, 11) is 0. The molecular formula is C20H21N3O5. The number of carbonyl (C=O) groups excluding carboxylic acids is 2. The summed E-state index contributed by atoms with van der Waals surface area (Å²) in [5.41, 5.74) is 1.30. The third-order valence-corrected chi connectivity index (χ3v) is 5.56. The van der Waals surface area contributed by atoms with Gasteiger partial charge in [0.2, 0.25) is 0 Å². The number of ketones is 1. The molecule has 1 atom stereocenters. The van der Waals surface area contributed by atoms with Gasteiger partial charge >= 0.3 is 5.97 Å². The van der Waals surface area contributed by atoms with Crippen LogP contribution in [-0.2, 0) is 14.4 Å². The number of fused-ring (bicyclic) bond motifs is 1. The number of hydrogen-bond acceptors (Lipinski definition) is 6. The van der Waals surface area contributed by atoms with Crippen molar-refractivity contribution >= 4 is 23.5 Å². The van der Waals surface area contributed by atoms with Crippen molar-refractivity contribution in [1.29, 1.82) is 0 Å². The minimum Gasteiger partial charge on any atom is -0.481 e. The molecule has 0 aromatic rings. The lowest BCUT2D eigenvalue weighted by Crippen LogP contribution is -2.45. The van der Waals surface area contributed by atoms with Crippen molar-refractivity contribution in [2.24, 2.45) is 10.9 Å². The van der Waals surface area contributed by atoms with E-state index >= 15 is 0 Å². The minimum atomic E-state index is -1.15. The second-order valence-electron chi connectivity index (χ2n) is 7.38. The van der Waals surface area contributed by atoms with Crippen LogP contribution in [0, 0.1) is 5.92 Å². The Kier molecular flexibility index (Phi) is 4.72. The van der Waals surface area contributed by atoms with Gasteiger partial charge < -0.3 is 20.4 Å². The van der Waals surface area contributed by atoms with Gasteiger partial charge in [-0.15, -0.1) is 0 Å². The number of carboxylic acid groups (broad SMARTS) is 1. The number of amidine groups is 1. The SMILES string of the molecule is O=C(NC1CCC(C(=O)O)CC1)C1=CC=CN2CC3=C(C=CC(O)C3=O)N=C12. The van der Waals surface area contributed by atoms with Crippen LogP contribution in [0.4, 0.5) is 0 Å². The molecule has 4 rings (SSSR count). The lowest BCUT2D eigenvalue weighted by molar-refractivity contribution is -0.142. The second kappa shape index (κ2) is 7.20. The molecular weight excluding hydrogens is 362 g/mol. The molecule has 8 heteroatoms. The van der Waals surface area contributed by atoms with Crippen molar-refractivity contribution in [3.63, 3.8) is 0 Å². The zero-order chi connectivity index (χ0) is 19.8. The first-order valence-corrected chi connectivity index (χ1v) is 9.35. The predicted octanol–water partition coefficient (Wildman–Crippen LogP) is 0.668. The maximum absolute atomic E-state index is 12.8. The summed E-state index contributed by atoms with van der Waals surface area (Å²) in [6, 6.07) is -0.0615. The molecule has 0 radical (unpaired) electrons. The highest BCUT2D eigenvalue weighted by atomic mass is 16.4. The molecule has 0 saturated heterocycles. The normalized spacial score (nSPS) is 29.0. The van der Waals surface area contributed by atoms with E-state index in [1.165, 1.54) is 6.08 Å². The van der Waals surface area contributed by atoms with Gasteiger partial charge in [0.25, 0.3) is 5.91 Å². The zero-order valence-electron chi connectivity index (χ0n) is 15.2. The highest BCUT2D eigenvalue weighted by molar-refractivity contribution is 6.23. The van der Waals surface area contributed by atoms with Crippen molar-refractivity contribution < 1.29 is 24.6 Å². The number of Topliss-reactive ketones (excluding diaryl/α,β-unsaturated/α-hetero) is 1. The van der Waals surface area contributed by atoms with Crippen molar-refractivity contribution in [1.82, 2.24) is 10.2 Å². The Balaban J connectivity index is 1.49. The van der Waals surface area contributed by atoms with E-state index in [-0.39, 0.29) is 30.2 Å². The van der Waals surface area contributed by atoms with Gasteiger partial charge in [0.05, 0.1) is 23.7 Å². The fraction of sp³-hybridized carbons (Fsp3) is 0.400. The number of hydrogen-bond donors (Lipinski definition) is 3. The van der Waals surface area contributed by atoms with Crippen LogP contribution in [0.2, 0.25) is 0 Å². The third-order valence-electron chi connectivity index (χ3n) is 5.56. The molecule has 0 aromatic carbocycles.